The molecule has 3 rings (SSSR count). The van der Waals surface area contributed by atoms with Crippen molar-refractivity contribution in [1.29, 1.82) is 0 Å². The highest BCUT2D eigenvalue weighted by molar-refractivity contribution is 6.98. The second kappa shape index (κ2) is 11.1. The molecule has 3 heteroatoms. The largest absolute Gasteiger partial charge is 0.424 e. The third kappa shape index (κ3) is 5.40. The van der Waals surface area contributed by atoms with Gasteiger partial charge in [-0.05, 0) is 82.5 Å². The van der Waals surface area contributed by atoms with Crippen LogP contribution in [0.25, 0.3) is 0 Å². The fraction of sp³-hybridized carbons (Fsp3) is 0.636. The third-order valence-electron chi connectivity index (χ3n) is 10.7. The summed E-state index contributed by atoms with van der Waals surface area (Å²) in [5.74, 6) is 1.55. The molecule has 1 saturated carbocycles. The summed E-state index contributed by atoms with van der Waals surface area (Å²) in [6, 6.07) is 20.9. The first kappa shape index (κ1) is 29.1. The molecule has 0 heterocycles. The number of aliphatic hydroxyl groups excluding tert-OH is 1. The molecule has 200 valence electrons. The smallest absolute Gasteiger partial charge is 0.258 e. The van der Waals surface area contributed by atoms with Gasteiger partial charge in [-0.25, -0.2) is 0 Å². The van der Waals surface area contributed by atoms with Crippen LogP contribution in [-0.2, 0) is 0 Å². The standard InChI is InChI=1S/C33H52O2Si/c1-25(2)30(34)20-19-26(3)33(8)24-22-27(32(33,6)7)21-23-31(4,5)36(35,28-15-11-9-12-16-28)29-17-13-10-14-18-29/h9-18,25-27,30,34-35H,19-24H2,1-8H3/t26-,27+,30+,33+/m0/s1. The second-order valence-corrected chi connectivity index (χ2v) is 17.5. The van der Waals surface area contributed by atoms with E-state index in [1.165, 1.54) is 12.8 Å². The van der Waals surface area contributed by atoms with Gasteiger partial charge in [0.2, 0.25) is 0 Å². The molecule has 36 heavy (non-hydrogen) atoms. The molecule has 1 aliphatic carbocycles. The molecule has 1 aliphatic rings. The number of hydrogen-bond donors (Lipinski definition) is 2. The summed E-state index contributed by atoms with van der Waals surface area (Å²) >= 11 is 0. The zero-order valence-corrected chi connectivity index (χ0v) is 25.2. The SMILES string of the molecule is CC(C)[C@H](O)CC[C@H](C)[C@@]1(C)CC[C@@H](CCC(C)(C)[Si](O)(c2ccccc2)c2ccccc2)C1(C)C. The van der Waals surface area contributed by atoms with E-state index in [1.807, 2.05) is 12.1 Å². The summed E-state index contributed by atoms with van der Waals surface area (Å²) < 4.78 is 0. The zero-order chi connectivity index (χ0) is 26.8. The first-order chi connectivity index (χ1) is 16.8. The molecule has 2 N–H and O–H groups in total. The summed E-state index contributed by atoms with van der Waals surface area (Å²) in [7, 11) is -2.97. The molecular weight excluding hydrogens is 456 g/mol. The molecule has 0 aromatic heterocycles. The van der Waals surface area contributed by atoms with Crippen molar-refractivity contribution >= 4 is 18.7 Å². The Kier molecular flexibility index (Phi) is 9.01. The van der Waals surface area contributed by atoms with Crippen LogP contribution in [0.4, 0.5) is 0 Å². The molecule has 0 saturated heterocycles. The number of aliphatic hydroxyl groups is 1. The lowest BCUT2D eigenvalue weighted by molar-refractivity contribution is 0.0155. The average Bonchev–Trinajstić information content (AvgIpc) is 3.10. The van der Waals surface area contributed by atoms with Gasteiger partial charge in [0.05, 0.1) is 6.10 Å². The Morgan fingerprint density at radius 1 is 0.889 bits per heavy atom. The Morgan fingerprint density at radius 2 is 1.39 bits per heavy atom. The Hall–Kier alpha value is -1.42. The Balaban J connectivity index is 1.79. The first-order valence-corrected chi connectivity index (χ1v) is 16.2. The molecule has 2 aromatic rings. The number of hydrogen-bond acceptors (Lipinski definition) is 2. The van der Waals surface area contributed by atoms with Crippen LogP contribution in [0.1, 0.15) is 93.9 Å². The van der Waals surface area contributed by atoms with Crippen LogP contribution >= 0.6 is 0 Å². The van der Waals surface area contributed by atoms with Crippen LogP contribution in [0.2, 0.25) is 5.04 Å². The van der Waals surface area contributed by atoms with E-state index in [0.717, 1.165) is 36.1 Å². The average molecular weight is 509 g/mol. The van der Waals surface area contributed by atoms with Gasteiger partial charge in [0.25, 0.3) is 8.32 Å². The third-order valence-corrected chi connectivity index (χ3v) is 15.3. The van der Waals surface area contributed by atoms with Gasteiger partial charge in [0.1, 0.15) is 0 Å². The lowest BCUT2D eigenvalue weighted by Gasteiger charge is -2.47. The van der Waals surface area contributed by atoms with Crippen molar-refractivity contribution in [3.05, 3.63) is 60.7 Å². The van der Waals surface area contributed by atoms with Crippen LogP contribution in [0.3, 0.4) is 0 Å². The van der Waals surface area contributed by atoms with E-state index in [9.17, 15) is 9.90 Å². The molecular formula is C33H52O2Si. The Labute approximate surface area is 222 Å². The van der Waals surface area contributed by atoms with Crippen molar-refractivity contribution in [2.24, 2.45) is 28.6 Å². The van der Waals surface area contributed by atoms with Crippen LogP contribution in [0, 0.1) is 28.6 Å². The molecule has 0 aliphatic heterocycles. The van der Waals surface area contributed by atoms with Gasteiger partial charge >= 0.3 is 0 Å². The van der Waals surface area contributed by atoms with Crippen molar-refractivity contribution < 1.29 is 9.90 Å². The van der Waals surface area contributed by atoms with E-state index in [-0.39, 0.29) is 22.0 Å². The maximum Gasteiger partial charge on any atom is 0.258 e. The molecule has 0 unspecified atom stereocenters. The summed E-state index contributed by atoms with van der Waals surface area (Å²) in [5, 5.41) is 12.4. The Bertz CT molecular complexity index is 913. The highest BCUT2D eigenvalue weighted by Crippen LogP contribution is 2.62. The molecule has 2 aromatic carbocycles. The predicted octanol–water partition coefficient (Wildman–Crippen LogP) is 7.17. The van der Waals surface area contributed by atoms with E-state index in [2.05, 4.69) is 104 Å². The molecule has 0 radical (unpaired) electrons. The van der Waals surface area contributed by atoms with Crippen LogP contribution in [0.15, 0.2) is 60.7 Å². The Morgan fingerprint density at radius 3 is 1.86 bits per heavy atom. The lowest BCUT2D eigenvalue weighted by atomic mass is 9.58. The maximum absolute atomic E-state index is 12.6. The minimum absolute atomic E-state index is 0.197. The summed E-state index contributed by atoms with van der Waals surface area (Å²) in [6.45, 7) is 18.7. The molecule has 2 nitrogen and oxygen atoms in total. The van der Waals surface area contributed by atoms with E-state index in [0.29, 0.717) is 17.8 Å². The first-order valence-electron chi connectivity index (χ1n) is 14.3. The maximum atomic E-state index is 12.6. The van der Waals surface area contributed by atoms with Gasteiger partial charge in [-0.3, -0.25) is 0 Å². The van der Waals surface area contributed by atoms with Gasteiger partial charge < -0.3 is 9.90 Å². The van der Waals surface area contributed by atoms with Crippen LogP contribution in [0.5, 0.6) is 0 Å². The van der Waals surface area contributed by atoms with E-state index in [4.69, 9.17) is 0 Å². The minimum Gasteiger partial charge on any atom is -0.424 e. The topological polar surface area (TPSA) is 40.5 Å². The van der Waals surface area contributed by atoms with Gasteiger partial charge in [-0.1, -0.05) is 116 Å². The van der Waals surface area contributed by atoms with Gasteiger partial charge in [0.15, 0.2) is 0 Å². The summed E-state index contributed by atoms with van der Waals surface area (Å²) in [4.78, 5) is 12.6. The normalized spacial score (nSPS) is 24.1. The van der Waals surface area contributed by atoms with Crippen molar-refractivity contribution in [1.82, 2.24) is 0 Å². The van der Waals surface area contributed by atoms with E-state index in [1.54, 1.807) is 0 Å². The molecule has 4 atom stereocenters. The monoisotopic (exact) mass is 508 g/mol. The summed E-state index contributed by atoms with van der Waals surface area (Å²) in [6.07, 6.45) is 6.46. The quantitative estimate of drug-likeness (QED) is 0.316. The molecule has 0 amide bonds. The highest BCUT2D eigenvalue weighted by Gasteiger charge is 2.55. The lowest BCUT2D eigenvalue weighted by Crippen LogP contribution is -2.65. The number of benzene rings is 2. The van der Waals surface area contributed by atoms with Gasteiger partial charge in [0, 0.05) is 0 Å². The summed E-state index contributed by atoms with van der Waals surface area (Å²) in [5.41, 5.74) is 0.496. The van der Waals surface area contributed by atoms with Gasteiger partial charge in [-0.2, -0.15) is 0 Å². The van der Waals surface area contributed by atoms with Crippen molar-refractivity contribution in [2.75, 3.05) is 0 Å². The van der Waals surface area contributed by atoms with E-state index >= 15 is 0 Å². The second-order valence-electron chi connectivity index (χ2n) is 13.5. The van der Waals surface area contributed by atoms with E-state index < -0.39 is 8.32 Å². The molecule has 0 spiro atoms. The predicted molar refractivity (Wildman–Crippen MR) is 157 cm³/mol. The molecule has 1 fully saturated rings. The minimum atomic E-state index is -2.97. The van der Waals surface area contributed by atoms with Crippen molar-refractivity contribution in [2.45, 2.75) is 105 Å². The fourth-order valence-electron chi connectivity index (χ4n) is 7.11. The highest BCUT2D eigenvalue weighted by atomic mass is 28.4. The van der Waals surface area contributed by atoms with Crippen molar-refractivity contribution in [3.8, 4) is 0 Å². The van der Waals surface area contributed by atoms with Crippen molar-refractivity contribution in [3.63, 3.8) is 0 Å². The molecule has 0 bridgehead atoms. The van der Waals surface area contributed by atoms with Crippen LogP contribution < -0.4 is 10.4 Å². The number of rotatable bonds is 11. The van der Waals surface area contributed by atoms with Gasteiger partial charge in [-0.15, -0.1) is 0 Å². The zero-order valence-electron chi connectivity index (χ0n) is 24.2. The fourth-order valence-corrected chi connectivity index (χ4v) is 10.9. The van der Waals surface area contributed by atoms with Crippen LogP contribution in [-0.4, -0.2) is 24.3 Å².